The van der Waals surface area contributed by atoms with Crippen molar-refractivity contribution in [2.45, 2.75) is 32.5 Å². The lowest BCUT2D eigenvalue weighted by Gasteiger charge is -2.17. The highest BCUT2D eigenvalue weighted by Gasteiger charge is 2.08. The molecule has 0 saturated heterocycles. The Balaban J connectivity index is 1.90. The number of imidazole rings is 1. The fraction of sp³-hybridized carbons (Fsp3) is 0.438. The zero-order valence-corrected chi connectivity index (χ0v) is 12.6. The van der Waals surface area contributed by atoms with Gasteiger partial charge in [-0.1, -0.05) is 32.0 Å². The van der Waals surface area contributed by atoms with Crippen molar-refractivity contribution in [2.24, 2.45) is 0 Å². The van der Waals surface area contributed by atoms with Crippen LogP contribution in [0.3, 0.4) is 0 Å². The Morgan fingerprint density at radius 1 is 1.33 bits per heavy atom. The van der Waals surface area contributed by atoms with Crippen molar-refractivity contribution in [3.05, 3.63) is 48.5 Å². The van der Waals surface area contributed by atoms with Gasteiger partial charge < -0.3 is 19.7 Å². The Morgan fingerprint density at radius 2 is 2.14 bits per heavy atom. The second-order valence-corrected chi connectivity index (χ2v) is 5.37. The molecule has 1 atom stereocenters. The molecule has 2 N–H and O–H groups in total. The Hall–Kier alpha value is -1.85. The van der Waals surface area contributed by atoms with E-state index in [9.17, 15) is 5.11 Å². The van der Waals surface area contributed by atoms with Gasteiger partial charge in [0.1, 0.15) is 18.5 Å². The summed E-state index contributed by atoms with van der Waals surface area (Å²) in [5, 5.41) is 13.1. The van der Waals surface area contributed by atoms with Crippen molar-refractivity contribution in [3.8, 4) is 5.75 Å². The second-order valence-electron chi connectivity index (χ2n) is 5.37. The third-order valence-electron chi connectivity index (χ3n) is 3.08. The van der Waals surface area contributed by atoms with Gasteiger partial charge in [-0.3, -0.25) is 0 Å². The van der Waals surface area contributed by atoms with E-state index in [-0.39, 0.29) is 6.61 Å². The van der Waals surface area contributed by atoms with Crippen molar-refractivity contribution in [3.63, 3.8) is 0 Å². The molecule has 0 spiro atoms. The molecule has 1 heterocycles. The summed E-state index contributed by atoms with van der Waals surface area (Å²) in [4.78, 5) is 4.04. The quantitative estimate of drug-likeness (QED) is 0.776. The van der Waals surface area contributed by atoms with E-state index in [1.165, 1.54) is 0 Å². The highest BCUT2D eigenvalue weighted by Crippen LogP contribution is 2.19. The minimum Gasteiger partial charge on any atom is -0.490 e. The van der Waals surface area contributed by atoms with Crippen LogP contribution in [0.1, 0.15) is 19.4 Å². The first kappa shape index (κ1) is 15.5. The molecule has 5 nitrogen and oxygen atoms in total. The highest BCUT2D eigenvalue weighted by molar-refractivity contribution is 5.33. The Kier molecular flexibility index (Phi) is 5.78. The summed E-state index contributed by atoms with van der Waals surface area (Å²) in [6, 6.07) is 8.22. The van der Waals surface area contributed by atoms with Crippen LogP contribution in [0.25, 0.3) is 0 Å². The molecular formula is C16H23N3O2. The number of aliphatic hydroxyl groups excluding tert-OH is 1. The summed E-state index contributed by atoms with van der Waals surface area (Å²) in [6.07, 6.45) is 4.93. The largest absolute Gasteiger partial charge is 0.490 e. The normalized spacial score (nSPS) is 12.6. The Bertz CT molecular complexity index is 526. The summed E-state index contributed by atoms with van der Waals surface area (Å²) < 4.78 is 7.74. The highest BCUT2D eigenvalue weighted by atomic mass is 16.5. The van der Waals surface area contributed by atoms with Crippen LogP contribution >= 0.6 is 0 Å². The number of ether oxygens (including phenoxy) is 1. The smallest absolute Gasteiger partial charge is 0.124 e. The summed E-state index contributed by atoms with van der Waals surface area (Å²) in [6.45, 7) is 5.61. The van der Waals surface area contributed by atoms with Crippen LogP contribution in [0.5, 0.6) is 5.75 Å². The molecule has 21 heavy (non-hydrogen) atoms. The van der Waals surface area contributed by atoms with E-state index in [0.717, 1.165) is 11.3 Å². The Morgan fingerprint density at radius 3 is 2.86 bits per heavy atom. The van der Waals surface area contributed by atoms with Crippen LogP contribution in [0, 0.1) is 0 Å². The van der Waals surface area contributed by atoms with E-state index >= 15 is 0 Å². The number of nitrogens with one attached hydrogen (secondary N) is 1. The van der Waals surface area contributed by atoms with Crippen molar-refractivity contribution in [1.82, 2.24) is 14.9 Å². The predicted molar refractivity (Wildman–Crippen MR) is 82.4 cm³/mol. The van der Waals surface area contributed by atoms with Gasteiger partial charge in [-0.05, 0) is 6.07 Å². The molecule has 1 aromatic heterocycles. The molecule has 2 rings (SSSR count). The Labute approximate surface area is 125 Å². The number of aliphatic hydroxyl groups is 1. The monoisotopic (exact) mass is 289 g/mol. The first-order valence-corrected chi connectivity index (χ1v) is 7.23. The van der Waals surface area contributed by atoms with Crippen LogP contribution < -0.4 is 10.1 Å². The van der Waals surface area contributed by atoms with E-state index in [2.05, 4.69) is 10.3 Å². The molecule has 0 fully saturated rings. The molecule has 0 radical (unpaired) electrons. The summed E-state index contributed by atoms with van der Waals surface area (Å²) >= 11 is 0. The number of para-hydroxylation sites is 1. The first-order chi connectivity index (χ1) is 10.1. The third-order valence-corrected chi connectivity index (χ3v) is 3.08. The van der Waals surface area contributed by atoms with E-state index in [4.69, 9.17) is 4.74 Å². The fourth-order valence-corrected chi connectivity index (χ4v) is 1.97. The molecule has 0 saturated carbocycles. The first-order valence-electron chi connectivity index (χ1n) is 7.23. The molecule has 0 amide bonds. The molecule has 114 valence electrons. The molecule has 0 aliphatic carbocycles. The second kappa shape index (κ2) is 7.81. The van der Waals surface area contributed by atoms with E-state index in [1.54, 1.807) is 12.5 Å². The number of hydrogen-bond acceptors (Lipinski definition) is 4. The number of rotatable bonds is 8. The zero-order chi connectivity index (χ0) is 15.1. The van der Waals surface area contributed by atoms with Crippen LogP contribution in [0.15, 0.2) is 43.0 Å². The maximum atomic E-state index is 9.90. The fourth-order valence-electron chi connectivity index (χ4n) is 1.97. The average molecular weight is 289 g/mol. The maximum absolute atomic E-state index is 9.90. The van der Waals surface area contributed by atoms with Gasteiger partial charge in [0.2, 0.25) is 0 Å². The standard InChI is InChI=1S/C16H23N3O2/c1-13(2)18-9-15(20)11-21-16-6-4-3-5-14(16)10-19-8-7-17-12-19/h3-8,12-13,15,18,20H,9-11H2,1-2H3/t15-/m0/s1. The number of aromatic nitrogens is 2. The van der Waals surface area contributed by atoms with Gasteiger partial charge >= 0.3 is 0 Å². The van der Waals surface area contributed by atoms with Crippen LogP contribution in [-0.2, 0) is 6.54 Å². The lowest BCUT2D eigenvalue weighted by molar-refractivity contribution is 0.104. The molecule has 0 aliphatic heterocycles. The SMILES string of the molecule is CC(C)NC[C@H](O)COc1ccccc1Cn1ccnc1. The molecular weight excluding hydrogens is 266 g/mol. The van der Waals surface area contributed by atoms with E-state index < -0.39 is 6.10 Å². The molecule has 5 heteroatoms. The van der Waals surface area contributed by atoms with Crippen LogP contribution in [-0.4, -0.2) is 40.0 Å². The molecule has 1 aromatic carbocycles. The van der Waals surface area contributed by atoms with Crippen molar-refractivity contribution in [1.29, 1.82) is 0 Å². The predicted octanol–water partition coefficient (Wildman–Crippen LogP) is 1.67. The summed E-state index contributed by atoms with van der Waals surface area (Å²) in [5.74, 6) is 0.801. The molecule has 0 aliphatic rings. The van der Waals surface area contributed by atoms with Crippen LogP contribution in [0.4, 0.5) is 0 Å². The number of hydrogen-bond donors (Lipinski definition) is 2. The van der Waals surface area contributed by atoms with Crippen molar-refractivity contribution < 1.29 is 9.84 Å². The number of benzene rings is 1. The number of nitrogens with zero attached hydrogens (tertiary/aromatic N) is 2. The van der Waals surface area contributed by atoms with Gasteiger partial charge in [0.15, 0.2) is 0 Å². The van der Waals surface area contributed by atoms with Crippen LogP contribution in [0.2, 0.25) is 0 Å². The summed E-state index contributed by atoms with van der Waals surface area (Å²) in [7, 11) is 0. The third kappa shape index (κ3) is 5.21. The van der Waals surface area contributed by atoms with Gasteiger partial charge in [-0.2, -0.15) is 0 Å². The maximum Gasteiger partial charge on any atom is 0.124 e. The van der Waals surface area contributed by atoms with Gasteiger partial charge in [0.05, 0.1) is 12.9 Å². The topological polar surface area (TPSA) is 59.3 Å². The molecule has 2 aromatic rings. The lowest BCUT2D eigenvalue weighted by atomic mass is 10.2. The van der Waals surface area contributed by atoms with Gasteiger partial charge in [0, 0.05) is 30.5 Å². The minimum atomic E-state index is -0.520. The zero-order valence-electron chi connectivity index (χ0n) is 12.6. The lowest BCUT2D eigenvalue weighted by Crippen LogP contribution is -2.35. The molecule has 0 bridgehead atoms. The van der Waals surface area contributed by atoms with Gasteiger partial charge in [-0.25, -0.2) is 4.98 Å². The van der Waals surface area contributed by atoms with Crippen molar-refractivity contribution in [2.75, 3.05) is 13.2 Å². The summed E-state index contributed by atoms with van der Waals surface area (Å²) in [5.41, 5.74) is 1.07. The average Bonchev–Trinajstić information content (AvgIpc) is 2.97. The van der Waals surface area contributed by atoms with Gasteiger partial charge in [-0.15, -0.1) is 0 Å². The van der Waals surface area contributed by atoms with Gasteiger partial charge in [0.25, 0.3) is 0 Å². The van der Waals surface area contributed by atoms with E-state index in [0.29, 0.717) is 19.1 Å². The van der Waals surface area contributed by atoms with E-state index in [1.807, 2.05) is 48.9 Å². The minimum absolute atomic E-state index is 0.278. The molecule has 0 unspecified atom stereocenters. The van der Waals surface area contributed by atoms with Crippen molar-refractivity contribution >= 4 is 0 Å².